The molecular formula is C17H15NO4. The number of hydrogen-bond acceptors (Lipinski definition) is 4. The average molecular weight is 297 g/mol. The first kappa shape index (κ1) is 12.4. The number of amides is 1. The number of benzene rings is 1. The van der Waals surface area contributed by atoms with Crippen LogP contribution in [0.4, 0.5) is 5.69 Å². The lowest BCUT2D eigenvalue weighted by Crippen LogP contribution is -2.57. The van der Waals surface area contributed by atoms with E-state index in [-0.39, 0.29) is 29.6 Å². The van der Waals surface area contributed by atoms with Gasteiger partial charge in [-0.3, -0.25) is 4.79 Å². The van der Waals surface area contributed by atoms with E-state index in [9.17, 15) is 14.7 Å². The number of anilines is 1. The summed E-state index contributed by atoms with van der Waals surface area (Å²) in [5.41, 5.74) is 1.72. The van der Waals surface area contributed by atoms with Gasteiger partial charge in [0.05, 0.1) is 23.1 Å². The molecular weight excluding hydrogens is 282 g/mol. The molecule has 1 saturated carbocycles. The molecule has 22 heavy (non-hydrogen) atoms. The number of aliphatic hydroxyl groups is 1. The van der Waals surface area contributed by atoms with E-state index in [2.05, 4.69) is 6.08 Å². The van der Waals surface area contributed by atoms with Crippen LogP contribution in [0, 0.1) is 30.6 Å². The molecule has 5 atom stereocenters. The van der Waals surface area contributed by atoms with Crippen molar-refractivity contribution in [3.05, 3.63) is 41.5 Å². The fraction of sp³-hybridized carbons (Fsp3) is 0.412. The predicted molar refractivity (Wildman–Crippen MR) is 76.7 cm³/mol. The number of allylic oxidation sites excluding steroid dienone is 2. The summed E-state index contributed by atoms with van der Waals surface area (Å²) in [6.07, 6.45) is 4.96. The smallest absolute Gasteiger partial charge is 0.344 e. The minimum absolute atomic E-state index is 0.0914. The third kappa shape index (κ3) is 1.21. The number of carbonyl (C=O) groups is 2. The molecule has 0 aromatic heterocycles. The molecule has 2 heterocycles. The molecule has 5 nitrogen and oxygen atoms in total. The molecule has 2 aliphatic carbocycles. The van der Waals surface area contributed by atoms with Gasteiger partial charge in [-0.1, -0.05) is 23.8 Å². The monoisotopic (exact) mass is 297 g/mol. The van der Waals surface area contributed by atoms with Crippen LogP contribution in [0.3, 0.4) is 0 Å². The lowest BCUT2D eigenvalue weighted by Gasteiger charge is -2.41. The van der Waals surface area contributed by atoms with Crippen LogP contribution >= 0.6 is 0 Å². The number of aryl methyl sites for hydroxylation is 1. The van der Waals surface area contributed by atoms with E-state index in [1.807, 2.05) is 19.1 Å². The second-order valence-corrected chi connectivity index (χ2v) is 6.74. The van der Waals surface area contributed by atoms with Crippen molar-refractivity contribution in [2.75, 3.05) is 4.90 Å². The molecule has 1 amide bonds. The first-order valence-electron chi connectivity index (χ1n) is 7.59. The zero-order valence-electron chi connectivity index (χ0n) is 12.0. The van der Waals surface area contributed by atoms with Crippen molar-refractivity contribution >= 4 is 17.6 Å². The fourth-order valence-electron chi connectivity index (χ4n) is 4.73. The lowest BCUT2D eigenvalue weighted by atomic mass is 9.83. The predicted octanol–water partition coefficient (Wildman–Crippen LogP) is 1.60. The Labute approximate surface area is 127 Å². The second kappa shape index (κ2) is 3.60. The zero-order valence-corrected chi connectivity index (χ0v) is 12.0. The Kier molecular flexibility index (Phi) is 2.03. The Balaban J connectivity index is 1.73. The van der Waals surface area contributed by atoms with Crippen LogP contribution < -0.4 is 4.90 Å². The standard InChI is InChI=1S/C17H15NO4/c1-8-2-5-12-11(6-8)16(20)22-17(21)14-10-4-3-9(7-10)13(14)15(19)18(12)17/h2-6,9-10,13-14,21H,7H2,1H3/t9-,10-,13-,14-,17+/m0/s1. The molecule has 0 spiro atoms. The summed E-state index contributed by atoms with van der Waals surface area (Å²) in [4.78, 5) is 26.6. The van der Waals surface area contributed by atoms with E-state index in [0.29, 0.717) is 11.3 Å². The molecule has 2 aliphatic heterocycles. The number of carbonyl (C=O) groups excluding carboxylic acids is 2. The summed E-state index contributed by atoms with van der Waals surface area (Å²) in [7, 11) is 0. The Morgan fingerprint density at radius 2 is 2.05 bits per heavy atom. The van der Waals surface area contributed by atoms with Crippen LogP contribution in [-0.4, -0.2) is 22.9 Å². The molecule has 2 fully saturated rings. The number of esters is 1. The van der Waals surface area contributed by atoms with Crippen molar-refractivity contribution in [1.29, 1.82) is 0 Å². The first-order chi connectivity index (χ1) is 10.5. The quantitative estimate of drug-likeness (QED) is 0.583. The fourth-order valence-corrected chi connectivity index (χ4v) is 4.73. The van der Waals surface area contributed by atoms with Gasteiger partial charge in [-0.15, -0.1) is 0 Å². The van der Waals surface area contributed by atoms with Gasteiger partial charge in [0.2, 0.25) is 5.91 Å². The van der Waals surface area contributed by atoms with Gasteiger partial charge in [-0.25, -0.2) is 9.69 Å². The van der Waals surface area contributed by atoms with Crippen molar-refractivity contribution in [2.45, 2.75) is 19.3 Å². The third-order valence-electron chi connectivity index (χ3n) is 5.58. The first-order valence-corrected chi connectivity index (χ1v) is 7.59. The molecule has 1 aromatic rings. The second-order valence-electron chi connectivity index (χ2n) is 6.74. The molecule has 112 valence electrons. The highest BCUT2D eigenvalue weighted by atomic mass is 16.7. The summed E-state index contributed by atoms with van der Waals surface area (Å²) in [5, 5.41) is 11.1. The number of ether oxygens (including phenoxy) is 1. The molecule has 0 unspecified atom stereocenters. The maximum absolute atomic E-state index is 12.9. The average Bonchev–Trinajstić information content (AvgIpc) is 3.13. The minimum atomic E-state index is -1.84. The molecule has 1 saturated heterocycles. The van der Waals surface area contributed by atoms with Crippen LogP contribution in [0.1, 0.15) is 22.3 Å². The lowest BCUT2D eigenvalue weighted by molar-refractivity contribution is -0.196. The van der Waals surface area contributed by atoms with Gasteiger partial charge in [0.1, 0.15) is 0 Å². The van der Waals surface area contributed by atoms with Gasteiger partial charge < -0.3 is 9.84 Å². The zero-order chi connectivity index (χ0) is 15.2. The maximum atomic E-state index is 12.9. The van der Waals surface area contributed by atoms with E-state index in [1.54, 1.807) is 12.1 Å². The highest BCUT2D eigenvalue weighted by molar-refractivity contribution is 6.08. The summed E-state index contributed by atoms with van der Waals surface area (Å²) in [6.45, 7) is 1.87. The van der Waals surface area contributed by atoms with Crippen molar-refractivity contribution in [3.63, 3.8) is 0 Å². The van der Waals surface area contributed by atoms with Crippen LogP contribution in [0.25, 0.3) is 0 Å². The van der Waals surface area contributed by atoms with E-state index in [0.717, 1.165) is 12.0 Å². The highest BCUT2D eigenvalue weighted by Crippen LogP contribution is 2.60. The number of nitrogens with zero attached hydrogens (tertiary/aromatic N) is 1. The molecule has 4 aliphatic rings. The van der Waals surface area contributed by atoms with Crippen molar-refractivity contribution < 1.29 is 19.4 Å². The van der Waals surface area contributed by atoms with Gasteiger partial charge >= 0.3 is 11.9 Å². The summed E-state index contributed by atoms with van der Waals surface area (Å²) in [5.74, 6) is -2.96. The van der Waals surface area contributed by atoms with Gasteiger partial charge in [0.15, 0.2) is 0 Å². The Hall–Kier alpha value is -2.14. The Morgan fingerprint density at radius 1 is 1.27 bits per heavy atom. The topological polar surface area (TPSA) is 66.8 Å². The SMILES string of the molecule is Cc1ccc2c(c1)C(=O)O[C@]1(O)[C@@H]3[C@@H](C(=O)N21)[C@H]1C=C[C@H]3C1. The van der Waals surface area contributed by atoms with Crippen LogP contribution in [0.2, 0.25) is 0 Å². The van der Waals surface area contributed by atoms with Crippen LogP contribution in [0.15, 0.2) is 30.4 Å². The van der Waals surface area contributed by atoms with Crippen LogP contribution in [-0.2, 0) is 9.53 Å². The van der Waals surface area contributed by atoms with Crippen molar-refractivity contribution in [3.8, 4) is 0 Å². The Morgan fingerprint density at radius 3 is 2.86 bits per heavy atom. The minimum Gasteiger partial charge on any atom is -0.409 e. The van der Waals surface area contributed by atoms with Crippen molar-refractivity contribution in [1.82, 2.24) is 0 Å². The van der Waals surface area contributed by atoms with Gasteiger partial charge in [-0.2, -0.15) is 0 Å². The van der Waals surface area contributed by atoms with E-state index < -0.39 is 11.9 Å². The molecule has 5 heteroatoms. The normalized spacial score (nSPS) is 40.5. The van der Waals surface area contributed by atoms with E-state index in [4.69, 9.17) is 4.74 Å². The molecule has 0 radical (unpaired) electrons. The number of rotatable bonds is 0. The van der Waals surface area contributed by atoms with Gasteiger partial charge in [-0.05, 0) is 37.3 Å². The molecule has 1 aromatic carbocycles. The highest BCUT2D eigenvalue weighted by Gasteiger charge is 2.70. The van der Waals surface area contributed by atoms with Gasteiger partial charge in [0, 0.05) is 0 Å². The van der Waals surface area contributed by atoms with E-state index >= 15 is 0 Å². The van der Waals surface area contributed by atoms with Crippen molar-refractivity contribution in [2.24, 2.45) is 23.7 Å². The summed E-state index contributed by atoms with van der Waals surface area (Å²) < 4.78 is 5.40. The molecule has 5 rings (SSSR count). The number of fused-ring (bicyclic) bond motifs is 9. The Bertz CT molecular complexity index is 770. The van der Waals surface area contributed by atoms with Crippen LogP contribution in [0.5, 0.6) is 0 Å². The van der Waals surface area contributed by atoms with E-state index in [1.165, 1.54) is 4.90 Å². The largest absolute Gasteiger partial charge is 0.409 e. The number of hydrogen-bond donors (Lipinski definition) is 1. The summed E-state index contributed by atoms with van der Waals surface area (Å²) >= 11 is 0. The molecule has 1 N–H and O–H groups in total. The summed E-state index contributed by atoms with van der Waals surface area (Å²) in [6, 6.07) is 5.27. The maximum Gasteiger partial charge on any atom is 0.344 e. The third-order valence-corrected chi connectivity index (χ3v) is 5.58. The molecule has 2 bridgehead atoms. The van der Waals surface area contributed by atoms with Gasteiger partial charge in [0.25, 0.3) is 0 Å².